The third-order valence-corrected chi connectivity index (χ3v) is 10.2. The van der Waals surface area contributed by atoms with E-state index in [1.165, 1.54) is 11.1 Å². The van der Waals surface area contributed by atoms with E-state index >= 15 is 0 Å². The van der Waals surface area contributed by atoms with Gasteiger partial charge in [-0.3, -0.25) is 9.59 Å². The number of allylic oxidation sites excluding steroid dienone is 4. The molecule has 0 amide bonds. The molecule has 0 aliphatic heterocycles. The van der Waals surface area contributed by atoms with Crippen LogP contribution < -0.4 is 9.47 Å². The van der Waals surface area contributed by atoms with Crippen LogP contribution in [-0.2, 0) is 16.0 Å². The van der Waals surface area contributed by atoms with Crippen LogP contribution in [0.5, 0.6) is 11.5 Å². The van der Waals surface area contributed by atoms with Gasteiger partial charge in [0, 0.05) is 18.4 Å². The number of ether oxygens (including phenoxy) is 2. The average Bonchev–Trinajstić information content (AvgIpc) is 3.24. The molecule has 4 heteroatoms. The van der Waals surface area contributed by atoms with Crippen molar-refractivity contribution in [2.75, 3.05) is 14.2 Å². The maximum atomic E-state index is 12.9. The summed E-state index contributed by atoms with van der Waals surface area (Å²) in [5.74, 6) is 4.14. The molecule has 4 aliphatic rings. The first kappa shape index (κ1) is 24.3. The molecule has 1 aromatic rings. The summed E-state index contributed by atoms with van der Waals surface area (Å²) in [6.45, 7) is 4.21. The van der Waals surface area contributed by atoms with E-state index in [0.717, 1.165) is 62.9 Å². The Morgan fingerprint density at radius 2 is 1.77 bits per heavy atom. The smallest absolute Gasteiger partial charge is 0.156 e. The summed E-state index contributed by atoms with van der Waals surface area (Å²) < 4.78 is 10.9. The van der Waals surface area contributed by atoms with Crippen molar-refractivity contribution in [3.8, 4) is 11.5 Å². The molecular formula is C31H40O4. The molecule has 0 heterocycles. The number of rotatable bonds is 7. The van der Waals surface area contributed by atoms with Crippen LogP contribution in [0.1, 0.15) is 70.8 Å². The third kappa shape index (κ3) is 4.07. The van der Waals surface area contributed by atoms with Crippen LogP contribution in [0, 0.1) is 34.5 Å². The number of benzene rings is 1. The third-order valence-electron chi connectivity index (χ3n) is 10.2. The molecule has 188 valence electrons. The molecule has 4 nitrogen and oxygen atoms in total. The first-order chi connectivity index (χ1) is 16.8. The zero-order valence-corrected chi connectivity index (χ0v) is 21.8. The fourth-order valence-corrected chi connectivity index (χ4v) is 8.54. The number of Topliss-reactive ketones (excluding diaryl/α,β-unsaturated/α-hetero) is 1. The molecule has 4 aliphatic carbocycles. The maximum absolute atomic E-state index is 12.9. The van der Waals surface area contributed by atoms with E-state index in [1.807, 2.05) is 19.1 Å². The molecule has 6 atom stereocenters. The van der Waals surface area contributed by atoms with Gasteiger partial charge in [-0.15, -0.1) is 0 Å². The second-order valence-corrected chi connectivity index (χ2v) is 11.7. The minimum absolute atomic E-state index is 0.0996. The SMILES string of the molecule is COc1cc(CCC[C@]23CC[C@@H]4[C@@H](C=CC5=CC(=O)CC[C@]54C)[C@@H]2CC[C@@H]3C(C)=O)cc(OC)c1. The molecule has 2 fully saturated rings. The average molecular weight is 477 g/mol. The van der Waals surface area contributed by atoms with Gasteiger partial charge in [0.15, 0.2) is 5.78 Å². The highest BCUT2D eigenvalue weighted by atomic mass is 16.5. The van der Waals surface area contributed by atoms with Crippen molar-refractivity contribution in [1.82, 2.24) is 0 Å². The van der Waals surface area contributed by atoms with Crippen molar-refractivity contribution >= 4 is 11.6 Å². The van der Waals surface area contributed by atoms with E-state index in [0.29, 0.717) is 30.0 Å². The Bertz CT molecular complexity index is 1050. The Morgan fingerprint density at radius 3 is 2.46 bits per heavy atom. The summed E-state index contributed by atoms with van der Waals surface area (Å²) in [5.41, 5.74) is 2.68. The Hall–Kier alpha value is -2.36. The maximum Gasteiger partial charge on any atom is 0.156 e. The van der Waals surface area contributed by atoms with E-state index in [1.54, 1.807) is 14.2 Å². The van der Waals surface area contributed by atoms with Gasteiger partial charge < -0.3 is 9.47 Å². The lowest BCUT2D eigenvalue weighted by Gasteiger charge is -2.57. The van der Waals surface area contributed by atoms with Crippen molar-refractivity contribution < 1.29 is 19.1 Å². The number of aryl methyl sites for hydroxylation is 1. The topological polar surface area (TPSA) is 52.6 Å². The van der Waals surface area contributed by atoms with Gasteiger partial charge in [-0.25, -0.2) is 0 Å². The fourth-order valence-electron chi connectivity index (χ4n) is 8.54. The van der Waals surface area contributed by atoms with Crippen LogP contribution in [0.3, 0.4) is 0 Å². The lowest BCUT2D eigenvalue weighted by molar-refractivity contribution is -0.128. The van der Waals surface area contributed by atoms with E-state index in [4.69, 9.17) is 9.47 Å². The lowest BCUT2D eigenvalue weighted by atomic mass is 9.47. The van der Waals surface area contributed by atoms with Crippen LogP contribution in [-0.4, -0.2) is 25.8 Å². The number of methoxy groups -OCH3 is 2. The first-order valence-corrected chi connectivity index (χ1v) is 13.5. The second kappa shape index (κ2) is 9.26. The summed E-state index contributed by atoms with van der Waals surface area (Å²) in [6.07, 6.45) is 15.8. The Balaban J connectivity index is 1.40. The van der Waals surface area contributed by atoms with Gasteiger partial charge >= 0.3 is 0 Å². The molecule has 5 rings (SSSR count). The molecule has 35 heavy (non-hydrogen) atoms. The highest BCUT2D eigenvalue weighted by molar-refractivity contribution is 5.92. The summed E-state index contributed by atoms with van der Waals surface area (Å²) in [4.78, 5) is 25.0. The van der Waals surface area contributed by atoms with Crippen molar-refractivity contribution in [2.24, 2.45) is 34.5 Å². The summed E-state index contributed by atoms with van der Waals surface area (Å²) in [6, 6.07) is 6.13. The fraction of sp³-hybridized carbons (Fsp3) is 0.613. The quantitative estimate of drug-likeness (QED) is 0.450. The normalized spacial score (nSPS) is 35.5. The van der Waals surface area contributed by atoms with Crippen LogP contribution in [0.4, 0.5) is 0 Å². The number of carbonyl (C=O) groups is 2. The monoisotopic (exact) mass is 476 g/mol. The van der Waals surface area contributed by atoms with Crippen LogP contribution >= 0.6 is 0 Å². The lowest BCUT2D eigenvalue weighted by Crippen LogP contribution is -2.50. The van der Waals surface area contributed by atoms with E-state index < -0.39 is 0 Å². The predicted octanol–water partition coefficient (Wildman–Crippen LogP) is 6.52. The number of hydrogen-bond donors (Lipinski definition) is 0. The van der Waals surface area contributed by atoms with Crippen molar-refractivity contribution in [1.29, 1.82) is 0 Å². The van der Waals surface area contributed by atoms with Crippen LogP contribution in [0.15, 0.2) is 42.0 Å². The Labute approximate surface area is 210 Å². The number of hydrogen-bond acceptors (Lipinski definition) is 4. The van der Waals surface area contributed by atoms with Gasteiger partial charge in [0.25, 0.3) is 0 Å². The minimum atomic E-state index is 0.0996. The van der Waals surface area contributed by atoms with E-state index in [-0.39, 0.29) is 22.5 Å². The number of carbonyl (C=O) groups excluding carboxylic acids is 2. The molecule has 0 N–H and O–H groups in total. The van der Waals surface area contributed by atoms with Gasteiger partial charge in [0.05, 0.1) is 14.2 Å². The molecule has 0 unspecified atom stereocenters. The molecular weight excluding hydrogens is 436 g/mol. The predicted molar refractivity (Wildman–Crippen MR) is 138 cm³/mol. The van der Waals surface area contributed by atoms with Crippen molar-refractivity contribution in [2.45, 2.75) is 71.6 Å². The van der Waals surface area contributed by atoms with Gasteiger partial charge in [-0.2, -0.15) is 0 Å². The molecule has 0 saturated heterocycles. The van der Waals surface area contributed by atoms with Crippen LogP contribution in [0.2, 0.25) is 0 Å². The first-order valence-electron chi connectivity index (χ1n) is 13.5. The standard InChI is InChI=1S/C31H40O4/c1-20(32)27-9-10-29-26-8-7-22-18-23(33)11-14-30(22,2)28(26)12-15-31(27,29)13-5-6-21-16-24(34-3)19-25(17-21)35-4/h7-8,16-19,26-29H,5-6,9-15H2,1-4H3/t26-,27-,28-,29+,30-,31-/m1/s1. The summed E-state index contributed by atoms with van der Waals surface area (Å²) in [5, 5.41) is 0. The molecule has 2 saturated carbocycles. The van der Waals surface area contributed by atoms with Crippen LogP contribution in [0.25, 0.3) is 0 Å². The van der Waals surface area contributed by atoms with Gasteiger partial charge in [-0.05, 0) is 116 Å². The number of ketones is 2. The molecule has 0 radical (unpaired) electrons. The van der Waals surface area contributed by atoms with E-state index in [2.05, 4.69) is 31.2 Å². The summed E-state index contributed by atoms with van der Waals surface area (Å²) in [7, 11) is 3.38. The van der Waals surface area contributed by atoms with Gasteiger partial charge in [0.2, 0.25) is 0 Å². The van der Waals surface area contributed by atoms with E-state index in [9.17, 15) is 9.59 Å². The van der Waals surface area contributed by atoms with Crippen molar-refractivity contribution in [3.63, 3.8) is 0 Å². The molecule has 0 aromatic heterocycles. The zero-order valence-electron chi connectivity index (χ0n) is 21.8. The van der Waals surface area contributed by atoms with Gasteiger partial charge in [-0.1, -0.05) is 19.1 Å². The Morgan fingerprint density at radius 1 is 1.03 bits per heavy atom. The zero-order chi connectivity index (χ0) is 24.8. The van der Waals surface area contributed by atoms with Gasteiger partial charge in [0.1, 0.15) is 17.3 Å². The largest absolute Gasteiger partial charge is 0.497 e. The molecule has 1 aromatic carbocycles. The Kier molecular flexibility index (Phi) is 6.44. The summed E-state index contributed by atoms with van der Waals surface area (Å²) >= 11 is 0. The molecule has 0 bridgehead atoms. The number of fused-ring (bicyclic) bond motifs is 5. The molecule has 0 spiro atoms. The minimum Gasteiger partial charge on any atom is -0.497 e. The highest BCUT2D eigenvalue weighted by Gasteiger charge is 2.60. The van der Waals surface area contributed by atoms with Crippen molar-refractivity contribution in [3.05, 3.63) is 47.6 Å². The highest BCUT2D eigenvalue weighted by Crippen LogP contribution is 2.66. The second-order valence-electron chi connectivity index (χ2n) is 11.7.